The molecule has 8 heteroatoms. The minimum absolute atomic E-state index is 0.151. The van der Waals surface area contributed by atoms with Crippen LogP contribution < -0.4 is 10.1 Å². The summed E-state index contributed by atoms with van der Waals surface area (Å²) in [6.45, 7) is 1.55. The van der Waals surface area contributed by atoms with Gasteiger partial charge in [0, 0.05) is 35.4 Å². The maximum absolute atomic E-state index is 13.3. The van der Waals surface area contributed by atoms with Crippen LogP contribution in [0, 0.1) is 11.8 Å². The van der Waals surface area contributed by atoms with E-state index in [0.717, 1.165) is 10.5 Å². The molecule has 3 amide bonds. The van der Waals surface area contributed by atoms with Gasteiger partial charge in [-0.05, 0) is 55.2 Å². The lowest BCUT2D eigenvalue weighted by Crippen LogP contribution is -2.43. The molecule has 1 heterocycles. The molecule has 180 valence electrons. The number of nitrogens with zero attached hydrogens (tertiary/aromatic N) is 1. The Labute approximate surface area is 204 Å². The molecule has 0 aromatic heterocycles. The first-order chi connectivity index (χ1) is 16.3. The number of halogens is 1. The van der Waals surface area contributed by atoms with Crippen LogP contribution in [0.1, 0.15) is 38.2 Å². The zero-order valence-electron chi connectivity index (χ0n) is 19.4. The molecular formula is C26H29ClN2O5. The lowest BCUT2D eigenvalue weighted by Gasteiger charge is -2.24. The Bertz CT molecular complexity index is 1060. The summed E-state index contributed by atoms with van der Waals surface area (Å²) >= 11 is 6.13. The van der Waals surface area contributed by atoms with Gasteiger partial charge in [0.2, 0.25) is 17.7 Å². The Morgan fingerprint density at radius 1 is 1.18 bits per heavy atom. The van der Waals surface area contributed by atoms with Crippen LogP contribution in [0.2, 0.25) is 5.02 Å². The first kappa shape index (κ1) is 25.4. The van der Waals surface area contributed by atoms with Crippen molar-refractivity contribution in [3.05, 3.63) is 59.1 Å². The largest absolute Gasteiger partial charge is 0.496 e. The van der Waals surface area contributed by atoms with Crippen LogP contribution >= 0.6 is 11.6 Å². The van der Waals surface area contributed by atoms with E-state index in [-0.39, 0.29) is 31.1 Å². The highest BCUT2D eigenvalue weighted by molar-refractivity contribution is 6.30. The smallest absolute Gasteiger partial charge is 0.233 e. The maximum atomic E-state index is 13.3. The molecule has 2 aromatic rings. The van der Waals surface area contributed by atoms with E-state index in [1.165, 1.54) is 7.11 Å². The number of hydrogen-bond acceptors (Lipinski definition) is 5. The van der Waals surface area contributed by atoms with Crippen LogP contribution in [0.3, 0.4) is 0 Å². The van der Waals surface area contributed by atoms with E-state index in [1.807, 2.05) is 13.0 Å². The van der Waals surface area contributed by atoms with Gasteiger partial charge in [-0.15, -0.1) is 0 Å². The molecule has 2 atom stereocenters. The fourth-order valence-corrected chi connectivity index (χ4v) is 4.29. The highest BCUT2D eigenvalue weighted by Crippen LogP contribution is 2.29. The Hall–Kier alpha value is -3.19. The lowest BCUT2D eigenvalue weighted by molar-refractivity contribution is -0.149. The van der Waals surface area contributed by atoms with Gasteiger partial charge in [0.15, 0.2) is 5.78 Å². The number of nitrogens with one attached hydrogen (secondary N) is 1. The van der Waals surface area contributed by atoms with Crippen molar-refractivity contribution in [2.24, 2.45) is 11.8 Å². The van der Waals surface area contributed by atoms with Gasteiger partial charge in [-0.3, -0.25) is 24.1 Å². The van der Waals surface area contributed by atoms with Crippen LogP contribution in [0.5, 0.6) is 5.75 Å². The molecular weight excluding hydrogens is 456 g/mol. The minimum Gasteiger partial charge on any atom is -0.496 e. The first-order valence-corrected chi connectivity index (χ1v) is 11.7. The number of amides is 3. The summed E-state index contributed by atoms with van der Waals surface area (Å²) in [5.74, 6) is -1.99. The van der Waals surface area contributed by atoms with Crippen molar-refractivity contribution >= 4 is 40.8 Å². The number of methoxy groups -OCH3 is 1. The van der Waals surface area contributed by atoms with Crippen molar-refractivity contribution in [2.45, 2.75) is 39.0 Å². The Balaban J connectivity index is 1.74. The number of likely N-dealkylation sites (tertiary alicyclic amines) is 1. The lowest BCUT2D eigenvalue weighted by atomic mass is 9.93. The van der Waals surface area contributed by atoms with E-state index in [4.69, 9.17) is 16.3 Å². The number of ketones is 1. The van der Waals surface area contributed by atoms with Crippen molar-refractivity contribution < 1.29 is 23.9 Å². The molecule has 0 bridgehead atoms. The number of benzene rings is 2. The first-order valence-electron chi connectivity index (χ1n) is 11.4. The number of rotatable bonds is 8. The minimum atomic E-state index is -0.620. The summed E-state index contributed by atoms with van der Waals surface area (Å²) in [6.07, 6.45) is 1.10. The zero-order valence-corrected chi connectivity index (χ0v) is 20.1. The standard InChI is InChI=1S/C26H29ClN2O5/c1-3-17(25(32)28-21-7-5-4-6-8-21)15-24(31)29-16-22(30)11-9-18(26(29)33)13-19-14-20(27)10-12-23(19)34-2/h4-8,10,12,14,17-18H,3,9,11,13,15-16H2,1-2H3,(H,28,32)/t17-,18?/m0/s1. The maximum Gasteiger partial charge on any atom is 0.233 e. The van der Waals surface area contributed by atoms with Crippen molar-refractivity contribution in [1.82, 2.24) is 4.90 Å². The average molecular weight is 485 g/mol. The molecule has 1 saturated heterocycles. The molecule has 0 radical (unpaired) electrons. The summed E-state index contributed by atoms with van der Waals surface area (Å²) in [5, 5.41) is 3.32. The number of ether oxygens (including phenoxy) is 1. The molecule has 1 aliphatic heterocycles. The second-order valence-corrected chi connectivity index (χ2v) is 8.85. The van der Waals surface area contributed by atoms with Crippen molar-refractivity contribution in [2.75, 3.05) is 19.0 Å². The third-order valence-electron chi connectivity index (χ3n) is 6.06. The van der Waals surface area contributed by atoms with Crippen molar-refractivity contribution in [1.29, 1.82) is 0 Å². The molecule has 1 fully saturated rings. The molecule has 1 N–H and O–H groups in total. The summed E-state index contributed by atoms with van der Waals surface area (Å²) in [5.41, 5.74) is 1.37. The van der Waals surface area contributed by atoms with Gasteiger partial charge >= 0.3 is 0 Å². The molecule has 1 aliphatic rings. The number of carbonyl (C=O) groups is 4. The van der Waals surface area contributed by atoms with Gasteiger partial charge in [0.25, 0.3) is 0 Å². The summed E-state index contributed by atoms with van der Waals surface area (Å²) in [7, 11) is 1.53. The van der Waals surface area contributed by atoms with E-state index in [9.17, 15) is 19.2 Å². The molecule has 7 nitrogen and oxygen atoms in total. The van der Waals surface area contributed by atoms with Crippen LogP contribution in [-0.2, 0) is 25.6 Å². The second-order valence-electron chi connectivity index (χ2n) is 8.42. The number of para-hydroxylation sites is 1. The average Bonchev–Trinajstić information content (AvgIpc) is 2.96. The van der Waals surface area contributed by atoms with Crippen molar-refractivity contribution in [3.63, 3.8) is 0 Å². The van der Waals surface area contributed by atoms with Gasteiger partial charge < -0.3 is 10.1 Å². The van der Waals surface area contributed by atoms with Gasteiger partial charge in [0.05, 0.1) is 13.7 Å². The summed E-state index contributed by atoms with van der Waals surface area (Å²) < 4.78 is 5.38. The zero-order chi connectivity index (χ0) is 24.7. The van der Waals surface area contributed by atoms with Crippen LogP contribution in [0.25, 0.3) is 0 Å². The van der Waals surface area contributed by atoms with E-state index >= 15 is 0 Å². The molecule has 0 aliphatic carbocycles. The summed E-state index contributed by atoms with van der Waals surface area (Å²) in [4.78, 5) is 52.6. The van der Waals surface area contributed by atoms with Crippen LogP contribution in [0.15, 0.2) is 48.5 Å². The van der Waals surface area contributed by atoms with Gasteiger partial charge in [-0.25, -0.2) is 0 Å². The highest BCUT2D eigenvalue weighted by atomic mass is 35.5. The topological polar surface area (TPSA) is 92.8 Å². The van der Waals surface area contributed by atoms with E-state index in [1.54, 1.807) is 42.5 Å². The number of imide groups is 1. The van der Waals surface area contributed by atoms with Crippen LogP contribution in [-0.4, -0.2) is 42.1 Å². The predicted molar refractivity (Wildman–Crippen MR) is 130 cm³/mol. The molecule has 2 aromatic carbocycles. The molecule has 3 rings (SSSR count). The summed E-state index contributed by atoms with van der Waals surface area (Å²) in [6, 6.07) is 14.1. The number of anilines is 1. The molecule has 0 spiro atoms. The number of hydrogen-bond donors (Lipinski definition) is 1. The Kier molecular flexibility index (Phi) is 8.82. The predicted octanol–water partition coefficient (Wildman–Crippen LogP) is 4.28. The number of Topliss-reactive ketones (excluding diaryl/α,β-unsaturated/α-hetero) is 1. The van der Waals surface area contributed by atoms with Gasteiger partial charge in [0.1, 0.15) is 5.75 Å². The normalized spacial score (nSPS) is 17.1. The van der Waals surface area contributed by atoms with E-state index < -0.39 is 23.7 Å². The molecule has 1 unspecified atom stereocenters. The third-order valence-corrected chi connectivity index (χ3v) is 6.29. The third kappa shape index (κ3) is 6.44. The van der Waals surface area contributed by atoms with Crippen LogP contribution in [0.4, 0.5) is 5.69 Å². The van der Waals surface area contributed by atoms with E-state index in [2.05, 4.69) is 5.32 Å². The highest BCUT2D eigenvalue weighted by Gasteiger charge is 2.35. The number of carbonyl (C=O) groups excluding carboxylic acids is 4. The Morgan fingerprint density at radius 2 is 1.91 bits per heavy atom. The molecule has 0 saturated carbocycles. The van der Waals surface area contributed by atoms with E-state index in [0.29, 0.717) is 35.7 Å². The fraction of sp³-hybridized carbons (Fsp3) is 0.385. The van der Waals surface area contributed by atoms with Gasteiger partial charge in [-0.2, -0.15) is 0 Å². The quantitative estimate of drug-likeness (QED) is 0.603. The second kappa shape index (κ2) is 11.8. The van der Waals surface area contributed by atoms with Gasteiger partial charge in [-0.1, -0.05) is 36.7 Å². The molecule has 34 heavy (non-hydrogen) atoms. The fourth-order valence-electron chi connectivity index (χ4n) is 4.09. The monoisotopic (exact) mass is 484 g/mol. The Morgan fingerprint density at radius 3 is 2.59 bits per heavy atom. The van der Waals surface area contributed by atoms with Crippen molar-refractivity contribution in [3.8, 4) is 5.75 Å². The SMILES string of the molecule is CC[C@@H](CC(=O)N1CC(=O)CCC(Cc2cc(Cl)ccc2OC)C1=O)C(=O)Nc1ccccc1.